The molecule has 0 amide bonds. The van der Waals surface area contributed by atoms with Gasteiger partial charge in [0.1, 0.15) is 11.2 Å². The Hall–Kier alpha value is -7.83. The zero-order chi connectivity index (χ0) is 37.5. The fraction of sp³-hybridized carbons (Fsp3) is 0. The van der Waals surface area contributed by atoms with Gasteiger partial charge in [-0.25, -0.2) is 15.0 Å². The van der Waals surface area contributed by atoms with E-state index in [4.69, 9.17) is 19.4 Å². The fourth-order valence-corrected chi connectivity index (χ4v) is 8.55. The van der Waals surface area contributed by atoms with Crippen LogP contribution in [-0.4, -0.2) is 24.1 Å². The highest BCUT2D eigenvalue weighted by molar-refractivity contribution is 6.22. The summed E-state index contributed by atoms with van der Waals surface area (Å²) in [7, 11) is 0. The van der Waals surface area contributed by atoms with Gasteiger partial charge in [-0.1, -0.05) is 127 Å². The standard InChI is InChI=1S/C51H31N5O/c1-4-15-32(16-5-1)49-52-50(33-17-6-2-7-18-33)54-51(53-49)34-19-14-22-36(27-34)56-45-29-40-37-23-10-12-25-43(37)55(35-20-8-3-9-21-35)44(40)30-41(45)39-28-42-38-24-11-13-26-47(38)57-48(42)31-46(39)56/h1-31H. The van der Waals surface area contributed by atoms with E-state index in [1.807, 2.05) is 72.8 Å². The summed E-state index contributed by atoms with van der Waals surface area (Å²) >= 11 is 0. The Morgan fingerprint density at radius 2 is 0.789 bits per heavy atom. The van der Waals surface area contributed by atoms with Gasteiger partial charge in [-0.3, -0.25) is 0 Å². The molecule has 0 unspecified atom stereocenters. The highest BCUT2D eigenvalue weighted by Crippen LogP contribution is 2.42. The first-order valence-corrected chi connectivity index (χ1v) is 19.1. The molecule has 12 aromatic rings. The molecule has 0 atom stereocenters. The molecule has 0 saturated heterocycles. The summed E-state index contributed by atoms with van der Waals surface area (Å²) in [6, 6.07) is 65.6. The van der Waals surface area contributed by atoms with Gasteiger partial charge in [0.2, 0.25) is 0 Å². The first-order chi connectivity index (χ1) is 28.2. The highest BCUT2D eigenvalue weighted by atomic mass is 16.3. The maximum Gasteiger partial charge on any atom is 0.164 e. The Morgan fingerprint density at radius 3 is 1.49 bits per heavy atom. The van der Waals surface area contributed by atoms with Crippen molar-refractivity contribution in [2.24, 2.45) is 0 Å². The number of nitrogens with zero attached hydrogens (tertiary/aromatic N) is 5. The second-order valence-corrected chi connectivity index (χ2v) is 14.5. The Labute approximate surface area is 326 Å². The molecule has 0 aliphatic heterocycles. The highest BCUT2D eigenvalue weighted by Gasteiger charge is 2.21. The van der Waals surface area contributed by atoms with E-state index in [2.05, 4.69) is 124 Å². The van der Waals surface area contributed by atoms with Gasteiger partial charge in [0.05, 0.1) is 22.1 Å². The molecule has 0 fully saturated rings. The van der Waals surface area contributed by atoms with Crippen LogP contribution in [0.5, 0.6) is 0 Å². The van der Waals surface area contributed by atoms with Gasteiger partial charge >= 0.3 is 0 Å². The largest absolute Gasteiger partial charge is 0.456 e. The lowest BCUT2D eigenvalue weighted by atomic mass is 10.1. The minimum absolute atomic E-state index is 0.610. The van der Waals surface area contributed by atoms with Crippen molar-refractivity contribution in [3.8, 4) is 45.5 Å². The van der Waals surface area contributed by atoms with Crippen LogP contribution < -0.4 is 0 Å². The van der Waals surface area contributed by atoms with Crippen LogP contribution in [0.15, 0.2) is 192 Å². The molecule has 0 saturated carbocycles. The number of hydrogen-bond acceptors (Lipinski definition) is 4. The molecule has 0 radical (unpaired) electrons. The quantitative estimate of drug-likeness (QED) is 0.177. The van der Waals surface area contributed by atoms with E-state index < -0.39 is 0 Å². The third-order valence-electron chi connectivity index (χ3n) is 11.1. The summed E-state index contributed by atoms with van der Waals surface area (Å²) < 4.78 is 11.3. The summed E-state index contributed by atoms with van der Waals surface area (Å²) in [4.78, 5) is 15.1. The van der Waals surface area contributed by atoms with Crippen LogP contribution in [-0.2, 0) is 0 Å². The third kappa shape index (κ3) is 4.94. The number of aromatic nitrogens is 5. The predicted molar refractivity (Wildman–Crippen MR) is 232 cm³/mol. The SMILES string of the molecule is c1ccc(-c2nc(-c3ccccc3)nc(-c3cccc(-n4c5cc6oc7ccccc7c6cc5c5cc6c(cc54)c4ccccc4n6-c4ccccc4)c3)n2)cc1. The first kappa shape index (κ1) is 31.5. The molecule has 4 heterocycles. The van der Waals surface area contributed by atoms with Crippen molar-refractivity contribution in [3.05, 3.63) is 188 Å². The average molecular weight is 730 g/mol. The summed E-state index contributed by atoms with van der Waals surface area (Å²) in [6.07, 6.45) is 0. The van der Waals surface area contributed by atoms with Crippen molar-refractivity contribution in [1.29, 1.82) is 0 Å². The summed E-state index contributed by atoms with van der Waals surface area (Å²) in [5, 5.41) is 6.91. The van der Waals surface area contributed by atoms with Gasteiger partial charge in [0, 0.05) is 66.4 Å². The molecule has 57 heavy (non-hydrogen) atoms. The van der Waals surface area contributed by atoms with Gasteiger partial charge in [-0.05, 0) is 54.6 Å². The second-order valence-electron chi connectivity index (χ2n) is 14.5. The van der Waals surface area contributed by atoms with E-state index in [-0.39, 0.29) is 0 Å². The van der Waals surface area contributed by atoms with Crippen LogP contribution >= 0.6 is 0 Å². The topological polar surface area (TPSA) is 61.7 Å². The molecular weight excluding hydrogens is 699 g/mol. The van der Waals surface area contributed by atoms with E-state index in [0.29, 0.717) is 17.5 Å². The molecule has 12 rings (SSSR count). The van der Waals surface area contributed by atoms with Crippen LogP contribution in [0.25, 0.3) is 111 Å². The van der Waals surface area contributed by atoms with E-state index in [9.17, 15) is 0 Å². The van der Waals surface area contributed by atoms with Crippen LogP contribution in [0.3, 0.4) is 0 Å². The molecule has 4 aromatic heterocycles. The third-order valence-corrected chi connectivity index (χ3v) is 11.1. The Kier molecular flexibility index (Phi) is 6.83. The van der Waals surface area contributed by atoms with E-state index in [0.717, 1.165) is 77.3 Å². The Bertz CT molecular complexity index is 3450. The van der Waals surface area contributed by atoms with Gasteiger partial charge in [0.15, 0.2) is 17.5 Å². The fourth-order valence-electron chi connectivity index (χ4n) is 8.55. The minimum atomic E-state index is 0.610. The monoisotopic (exact) mass is 729 g/mol. The van der Waals surface area contributed by atoms with Crippen molar-refractivity contribution in [1.82, 2.24) is 24.1 Å². The van der Waals surface area contributed by atoms with Gasteiger partial charge in [-0.2, -0.15) is 0 Å². The Balaban J connectivity index is 1.15. The average Bonchev–Trinajstić information content (AvgIpc) is 3.92. The number of rotatable bonds is 5. The van der Waals surface area contributed by atoms with Crippen LogP contribution in [0.4, 0.5) is 0 Å². The second kappa shape index (κ2) is 12.3. The number of hydrogen-bond donors (Lipinski definition) is 0. The maximum absolute atomic E-state index is 6.50. The maximum atomic E-state index is 6.50. The number of para-hydroxylation sites is 3. The van der Waals surface area contributed by atoms with Crippen LogP contribution in [0, 0.1) is 0 Å². The molecule has 0 spiro atoms. The molecule has 6 heteroatoms. The van der Waals surface area contributed by atoms with E-state index in [1.54, 1.807) is 0 Å². The molecule has 0 N–H and O–H groups in total. The van der Waals surface area contributed by atoms with Gasteiger partial charge in [0.25, 0.3) is 0 Å². The zero-order valence-electron chi connectivity index (χ0n) is 30.5. The summed E-state index contributed by atoms with van der Waals surface area (Å²) in [5.41, 5.74) is 11.1. The van der Waals surface area contributed by atoms with Crippen molar-refractivity contribution in [2.75, 3.05) is 0 Å². The zero-order valence-corrected chi connectivity index (χ0v) is 30.5. The normalized spacial score (nSPS) is 11.9. The molecule has 0 aliphatic carbocycles. The van der Waals surface area contributed by atoms with Gasteiger partial charge < -0.3 is 13.6 Å². The number of furan rings is 1. The predicted octanol–water partition coefficient (Wildman–Crippen LogP) is 13.0. The van der Waals surface area contributed by atoms with Crippen molar-refractivity contribution in [3.63, 3.8) is 0 Å². The smallest absolute Gasteiger partial charge is 0.164 e. The van der Waals surface area contributed by atoms with Crippen LogP contribution in [0.1, 0.15) is 0 Å². The van der Waals surface area contributed by atoms with Crippen LogP contribution in [0.2, 0.25) is 0 Å². The molecule has 6 nitrogen and oxygen atoms in total. The van der Waals surface area contributed by atoms with Crippen molar-refractivity contribution >= 4 is 65.6 Å². The summed E-state index contributed by atoms with van der Waals surface area (Å²) in [5.74, 6) is 1.87. The summed E-state index contributed by atoms with van der Waals surface area (Å²) in [6.45, 7) is 0. The van der Waals surface area contributed by atoms with Crippen molar-refractivity contribution in [2.45, 2.75) is 0 Å². The lowest BCUT2D eigenvalue weighted by Crippen LogP contribution is -2.01. The Morgan fingerprint density at radius 1 is 0.298 bits per heavy atom. The first-order valence-electron chi connectivity index (χ1n) is 19.1. The van der Waals surface area contributed by atoms with E-state index >= 15 is 0 Å². The minimum Gasteiger partial charge on any atom is -0.456 e. The molecule has 8 aromatic carbocycles. The molecule has 0 aliphatic rings. The molecule has 266 valence electrons. The molecular formula is C51H31N5O. The lowest BCUT2D eigenvalue weighted by Gasteiger charge is -2.12. The van der Waals surface area contributed by atoms with Gasteiger partial charge in [-0.15, -0.1) is 0 Å². The van der Waals surface area contributed by atoms with E-state index in [1.165, 1.54) is 16.3 Å². The number of fused-ring (bicyclic) bond motifs is 9. The lowest BCUT2D eigenvalue weighted by molar-refractivity contribution is 0.669. The number of benzene rings is 8. The van der Waals surface area contributed by atoms with Crippen molar-refractivity contribution < 1.29 is 4.42 Å². The molecule has 0 bridgehead atoms.